The minimum atomic E-state index is 0.0172. The van der Waals surface area contributed by atoms with Crippen molar-refractivity contribution in [2.24, 2.45) is 0 Å². The van der Waals surface area contributed by atoms with Crippen LogP contribution in [0.2, 0.25) is 0 Å². The Hall–Kier alpha value is -2.74. The van der Waals surface area contributed by atoms with Crippen molar-refractivity contribution < 1.29 is 5.11 Å². The van der Waals surface area contributed by atoms with Gasteiger partial charge in [0.15, 0.2) is 0 Å². The largest absolute Gasteiger partial charge is 0.508 e. The number of aryl methyl sites for hydroxylation is 1. The van der Waals surface area contributed by atoms with Crippen molar-refractivity contribution in [1.82, 2.24) is 0 Å². The molecule has 0 saturated heterocycles. The molecule has 0 amide bonds. The summed E-state index contributed by atoms with van der Waals surface area (Å²) in [7, 11) is 4.10. The molecular formula is C22H23NO. The van der Waals surface area contributed by atoms with E-state index < -0.39 is 0 Å². The highest BCUT2D eigenvalue weighted by Crippen LogP contribution is 2.38. The van der Waals surface area contributed by atoms with Crippen LogP contribution in [0.5, 0.6) is 5.75 Å². The number of phenols is 1. The molecule has 122 valence electrons. The van der Waals surface area contributed by atoms with Crippen molar-refractivity contribution in [3.05, 3.63) is 95.1 Å². The van der Waals surface area contributed by atoms with Crippen LogP contribution in [0.4, 0.5) is 5.69 Å². The highest BCUT2D eigenvalue weighted by molar-refractivity contribution is 5.56. The van der Waals surface area contributed by atoms with Crippen LogP contribution in [0.15, 0.2) is 72.8 Å². The smallest absolute Gasteiger partial charge is 0.119 e. The molecule has 0 heterocycles. The van der Waals surface area contributed by atoms with Crippen LogP contribution in [0.1, 0.15) is 28.2 Å². The molecule has 3 rings (SSSR count). The van der Waals surface area contributed by atoms with E-state index >= 15 is 0 Å². The number of anilines is 1. The zero-order valence-electron chi connectivity index (χ0n) is 14.4. The van der Waals surface area contributed by atoms with Gasteiger partial charge in [0.2, 0.25) is 0 Å². The molecule has 1 unspecified atom stereocenters. The maximum atomic E-state index is 10.4. The summed E-state index contributed by atoms with van der Waals surface area (Å²) in [5, 5.41) is 10.4. The molecule has 24 heavy (non-hydrogen) atoms. The van der Waals surface area contributed by atoms with Gasteiger partial charge in [0.05, 0.1) is 0 Å². The zero-order chi connectivity index (χ0) is 17.1. The van der Waals surface area contributed by atoms with Gasteiger partial charge in [-0.3, -0.25) is 0 Å². The van der Waals surface area contributed by atoms with Gasteiger partial charge in [0.1, 0.15) is 5.75 Å². The third-order valence-corrected chi connectivity index (χ3v) is 4.46. The molecule has 1 atom stereocenters. The van der Waals surface area contributed by atoms with Crippen LogP contribution < -0.4 is 4.90 Å². The van der Waals surface area contributed by atoms with Gasteiger partial charge >= 0.3 is 0 Å². The second-order valence-electron chi connectivity index (χ2n) is 6.34. The molecule has 3 aromatic rings. The Morgan fingerprint density at radius 3 is 2.08 bits per heavy atom. The van der Waals surface area contributed by atoms with Gasteiger partial charge in [-0.25, -0.2) is 0 Å². The number of aromatic hydroxyl groups is 1. The fourth-order valence-corrected chi connectivity index (χ4v) is 3.17. The van der Waals surface area contributed by atoms with Gasteiger partial charge in [0.25, 0.3) is 0 Å². The Morgan fingerprint density at radius 1 is 0.792 bits per heavy atom. The highest BCUT2D eigenvalue weighted by atomic mass is 16.3. The van der Waals surface area contributed by atoms with Gasteiger partial charge in [-0.2, -0.15) is 0 Å². The maximum Gasteiger partial charge on any atom is 0.119 e. The number of nitrogens with zero attached hydrogens (tertiary/aromatic N) is 1. The second-order valence-corrected chi connectivity index (χ2v) is 6.34. The molecule has 0 bridgehead atoms. The second kappa shape index (κ2) is 6.79. The van der Waals surface area contributed by atoms with Crippen LogP contribution in [0.25, 0.3) is 0 Å². The Morgan fingerprint density at radius 2 is 1.46 bits per heavy atom. The molecular weight excluding hydrogens is 294 g/mol. The summed E-state index contributed by atoms with van der Waals surface area (Å²) in [5.41, 5.74) is 5.73. The van der Waals surface area contributed by atoms with Gasteiger partial charge in [-0.05, 0) is 41.8 Å². The molecule has 0 aliphatic rings. The molecule has 3 aromatic carbocycles. The van der Waals surface area contributed by atoms with E-state index in [1.54, 1.807) is 6.07 Å². The standard InChI is InChI=1S/C22H23NO/c1-16-15-18(23(2)3)13-14-19(16)22(17-9-5-4-6-10-17)20-11-7-8-12-21(20)24/h4-15,22,24H,1-3H3. The number of hydrogen-bond donors (Lipinski definition) is 1. The Labute approximate surface area is 144 Å². The first-order valence-corrected chi connectivity index (χ1v) is 8.18. The summed E-state index contributed by atoms with van der Waals surface area (Å²) in [4.78, 5) is 2.11. The Balaban J connectivity index is 2.18. The van der Waals surface area contributed by atoms with Gasteiger partial charge < -0.3 is 10.0 Å². The molecule has 2 nitrogen and oxygen atoms in total. The fourth-order valence-electron chi connectivity index (χ4n) is 3.17. The monoisotopic (exact) mass is 317 g/mol. The molecule has 0 aliphatic carbocycles. The summed E-state index contributed by atoms with van der Waals surface area (Å²) < 4.78 is 0. The molecule has 0 saturated carbocycles. The highest BCUT2D eigenvalue weighted by Gasteiger charge is 2.21. The zero-order valence-corrected chi connectivity index (χ0v) is 14.4. The summed E-state index contributed by atoms with van der Waals surface area (Å²) >= 11 is 0. The van der Waals surface area contributed by atoms with E-state index in [9.17, 15) is 5.11 Å². The molecule has 0 aromatic heterocycles. The third kappa shape index (κ3) is 3.13. The van der Waals surface area contributed by atoms with Crippen LogP contribution in [-0.4, -0.2) is 19.2 Å². The lowest BCUT2D eigenvalue weighted by Crippen LogP contribution is -2.10. The van der Waals surface area contributed by atoms with Crippen LogP contribution in [0.3, 0.4) is 0 Å². The predicted molar refractivity (Wildman–Crippen MR) is 101 cm³/mol. The van der Waals surface area contributed by atoms with E-state index in [1.165, 1.54) is 22.4 Å². The Kier molecular flexibility index (Phi) is 4.57. The average Bonchev–Trinajstić information content (AvgIpc) is 2.59. The molecule has 0 fully saturated rings. The third-order valence-electron chi connectivity index (χ3n) is 4.46. The van der Waals surface area contributed by atoms with Crippen molar-refractivity contribution in [3.63, 3.8) is 0 Å². The van der Waals surface area contributed by atoms with E-state index in [4.69, 9.17) is 0 Å². The molecule has 1 N–H and O–H groups in total. The van der Waals surface area contributed by atoms with E-state index in [1.807, 2.05) is 50.5 Å². The summed E-state index contributed by atoms with van der Waals surface area (Å²) in [5.74, 6) is 0.353. The van der Waals surface area contributed by atoms with Crippen molar-refractivity contribution in [2.75, 3.05) is 19.0 Å². The maximum absolute atomic E-state index is 10.4. The van der Waals surface area contributed by atoms with E-state index in [0.717, 1.165) is 5.56 Å². The topological polar surface area (TPSA) is 23.5 Å². The van der Waals surface area contributed by atoms with Gasteiger partial charge in [-0.15, -0.1) is 0 Å². The van der Waals surface area contributed by atoms with Crippen LogP contribution in [-0.2, 0) is 0 Å². The van der Waals surface area contributed by atoms with Crippen molar-refractivity contribution in [2.45, 2.75) is 12.8 Å². The normalized spacial score (nSPS) is 12.0. The summed E-state index contributed by atoms with van der Waals surface area (Å²) in [6.45, 7) is 2.14. The Bertz CT molecular complexity index is 824. The quantitative estimate of drug-likeness (QED) is 0.688. The first-order valence-electron chi connectivity index (χ1n) is 8.18. The van der Waals surface area contributed by atoms with E-state index in [0.29, 0.717) is 5.75 Å². The first kappa shape index (κ1) is 16.1. The number of para-hydroxylation sites is 1. The predicted octanol–water partition coefficient (Wildman–Crippen LogP) is 4.95. The lowest BCUT2D eigenvalue weighted by Gasteiger charge is -2.23. The number of phenolic OH excluding ortho intramolecular Hbond substituents is 1. The molecule has 0 radical (unpaired) electrons. The van der Waals surface area contributed by atoms with E-state index in [2.05, 4.69) is 42.2 Å². The minimum Gasteiger partial charge on any atom is -0.508 e. The lowest BCUT2D eigenvalue weighted by molar-refractivity contribution is 0.467. The lowest BCUT2D eigenvalue weighted by atomic mass is 9.82. The van der Waals surface area contributed by atoms with Crippen LogP contribution >= 0.6 is 0 Å². The van der Waals surface area contributed by atoms with Crippen molar-refractivity contribution in [3.8, 4) is 5.75 Å². The SMILES string of the molecule is Cc1cc(N(C)C)ccc1C(c1ccccc1)c1ccccc1O. The molecule has 2 heteroatoms. The summed E-state index contributed by atoms with van der Waals surface area (Å²) in [6, 6.07) is 24.5. The van der Waals surface area contributed by atoms with E-state index in [-0.39, 0.29) is 5.92 Å². The van der Waals surface area contributed by atoms with Gasteiger partial charge in [0, 0.05) is 31.3 Å². The number of benzene rings is 3. The number of rotatable bonds is 4. The summed E-state index contributed by atoms with van der Waals surface area (Å²) in [6.07, 6.45) is 0. The van der Waals surface area contributed by atoms with Crippen LogP contribution in [0, 0.1) is 6.92 Å². The van der Waals surface area contributed by atoms with Crippen molar-refractivity contribution in [1.29, 1.82) is 0 Å². The molecule has 0 aliphatic heterocycles. The minimum absolute atomic E-state index is 0.0172. The number of hydrogen-bond acceptors (Lipinski definition) is 2. The first-order chi connectivity index (χ1) is 11.6. The van der Waals surface area contributed by atoms with Crippen molar-refractivity contribution >= 4 is 5.69 Å². The molecule has 0 spiro atoms. The fraction of sp³-hybridized carbons (Fsp3) is 0.182. The van der Waals surface area contributed by atoms with Gasteiger partial charge in [-0.1, -0.05) is 54.6 Å². The average molecular weight is 317 g/mol.